The van der Waals surface area contributed by atoms with Crippen LogP contribution in [-0.2, 0) is 15.3 Å². The van der Waals surface area contributed by atoms with Gasteiger partial charge < -0.3 is 14.6 Å². The first-order chi connectivity index (χ1) is 13.2. The predicted octanol–water partition coefficient (Wildman–Crippen LogP) is 6.44. The summed E-state index contributed by atoms with van der Waals surface area (Å²) in [5.74, 6) is -0.589. The lowest BCUT2D eigenvalue weighted by Gasteiger charge is -2.41. The van der Waals surface area contributed by atoms with E-state index in [2.05, 4.69) is 45.0 Å². The van der Waals surface area contributed by atoms with Gasteiger partial charge in [0.05, 0.1) is 13.2 Å². The van der Waals surface area contributed by atoms with Crippen LogP contribution in [0.2, 0.25) is 0 Å². The Morgan fingerprint density at radius 2 is 1.37 bits per heavy atom. The van der Waals surface area contributed by atoms with Gasteiger partial charge in [0, 0.05) is 18.1 Å². The number of ether oxygens (including phenoxy) is 2. The SMILES string of the molecule is CCCCCCCCC(CCO)C(OCCC)(OCCC)c1ccccc1. The second-order valence-electron chi connectivity index (χ2n) is 7.50. The molecule has 0 aliphatic heterocycles. The van der Waals surface area contributed by atoms with Crippen molar-refractivity contribution in [1.29, 1.82) is 0 Å². The fraction of sp³-hybridized carbons (Fsp3) is 0.750. The monoisotopic (exact) mass is 378 g/mol. The Morgan fingerprint density at radius 3 is 1.93 bits per heavy atom. The van der Waals surface area contributed by atoms with E-state index in [1.807, 2.05) is 6.07 Å². The van der Waals surface area contributed by atoms with Gasteiger partial charge in [-0.1, -0.05) is 89.6 Å². The highest BCUT2D eigenvalue weighted by Gasteiger charge is 2.42. The molecule has 0 aromatic heterocycles. The molecule has 0 amide bonds. The van der Waals surface area contributed by atoms with Gasteiger partial charge in [-0.3, -0.25) is 0 Å². The van der Waals surface area contributed by atoms with Crippen LogP contribution < -0.4 is 0 Å². The summed E-state index contributed by atoms with van der Waals surface area (Å²) >= 11 is 0. The summed E-state index contributed by atoms with van der Waals surface area (Å²) in [6.45, 7) is 8.00. The van der Waals surface area contributed by atoms with E-state index in [1.54, 1.807) is 0 Å². The number of rotatable bonds is 17. The summed E-state index contributed by atoms with van der Waals surface area (Å²) in [7, 11) is 0. The molecule has 1 unspecified atom stereocenters. The molecule has 0 fully saturated rings. The molecule has 1 rings (SSSR count). The Balaban J connectivity index is 2.97. The minimum absolute atomic E-state index is 0.161. The average molecular weight is 379 g/mol. The number of benzene rings is 1. The number of aliphatic hydroxyl groups excluding tert-OH is 1. The minimum atomic E-state index is -0.751. The summed E-state index contributed by atoms with van der Waals surface area (Å²) in [6, 6.07) is 10.3. The molecule has 0 aliphatic rings. The van der Waals surface area contributed by atoms with Crippen molar-refractivity contribution in [2.75, 3.05) is 19.8 Å². The largest absolute Gasteiger partial charge is 0.396 e. The van der Waals surface area contributed by atoms with Crippen LogP contribution in [0.15, 0.2) is 30.3 Å². The van der Waals surface area contributed by atoms with Crippen LogP contribution in [0.3, 0.4) is 0 Å². The molecule has 27 heavy (non-hydrogen) atoms. The lowest BCUT2D eigenvalue weighted by Crippen LogP contribution is -2.42. The van der Waals surface area contributed by atoms with Crippen LogP contribution in [0.4, 0.5) is 0 Å². The second-order valence-corrected chi connectivity index (χ2v) is 7.50. The van der Waals surface area contributed by atoms with Gasteiger partial charge in [-0.15, -0.1) is 0 Å². The van der Waals surface area contributed by atoms with E-state index >= 15 is 0 Å². The summed E-state index contributed by atoms with van der Waals surface area (Å²) in [6.07, 6.45) is 11.3. The van der Waals surface area contributed by atoms with Gasteiger partial charge in [-0.25, -0.2) is 0 Å². The zero-order chi connectivity index (χ0) is 19.8. The van der Waals surface area contributed by atoms with Gasteiger partial charge in [0.15, 0.2) is 5.79 Å². The quantitative estimate of drug-likeness (QED) is 0.250. The smallest absolute Gasteiger partial charge is 0.197 e. The molecular formula is C24H42O3. The van der Waals surface area contributed by atoms with Crippen molar-refractivity contribution in [3.63, 3.8) is 0 Å². The highest BCUT2D eigenvalue weighted by molar-refractivity contribution is 5.21. The Bertz CT molecular complexity index is 438. The third-order valence-corrected chi connectivity index (χ3v) is 5.14. The van der Waals surface area contributed by atoms with Crippen molar-refractivity contribution in [1.82, 2.24) is 0 Å². The maximum Gasteiger partial charge on any atom is 0.197 e. The van der Waals surface area contributed by atoms with Gasteiger partial charge in [0.2, 0.25) is 0 Å². The molecule has 1 N–H and O–H groups in total. The number of hydrogen-bond donors (Lipinski definition) is 1. The molecule has 3 heteroatoms. The number of aliphatic hydroxyl groups is 1. The van der Waals surface area contributed by atoms with Crippen molar-refractivity contribution in [3.05, 3.63) is 35.9 Å². The minimum Gasteiger partial charge on any atom is -0.396 e. The highest BCUT2D eigenvalue weighted by atomic mass is 16.7. The van der Waals surface area contributed by atoms with Gasteiger partial charge in [-0.05, 0) is 25.7 Å². The molecule has 0 bridgehead atoms. The Kier molecular flexibility index (Phi) is 13.5. The summed E-state index contributed by atoms with van der Waals surface area (Å²) in [5, 5.41) is 9.76. The fourth-order valence-corrected chi connectivity index (χ4v) is 3.71. The molecule has 0 aliphatic carbocycles. The number of hydrogen-bond acceptors (Lipinski definition) is 3. The Morgan fingerprint density at radius 1 is 0.778 bits per heavy atom. The van der Waals surface area contributed by atoms with Crippen molar-refractivity contribution >= 4 is 0 Å². The fourth-order valence-electron chi connectivity index (χ4n) is 3.71. The lowest BCUT2D eigenvalue weighted by atomic mass is 9.84. The highest BCUT2D eigenvalue weighted by Crippen LogP contribution is 2.40. The zero-order valence-corrected chi connectivity index (χ0v) is 17.9. The van der Waals surface area contributed by atoms with Crippen LogP contribution >= 0.6 is 0 Å². The van der Waals surface area contributed by atoms with Crippen molar-refractivity contribution < 1.29 is 14.6 Å². The molecular weight excluding hydrogens is 336 g/mol. The van der Waals surface area contributed by atoms with Crippen molar-refractivity contribution in [2.24, 2.45) is 5.92 Å². The summed E-state index contributed by atoms with van der Waals surface area (Å²) in [5.41, 5.74) is 1.08. The Labute approximate surface area is 167 Å². The molecule has 0 spiro atoms. The summed E-state index contributed by atoms with van der Waals surface area (Å²) < 4.78 is 12.9. The maximum absolute atomic E-state index is 9.76. The average Bonchev–Trinajstić information content (AvgIpc) is 2.71. The van der Waals surface area contributed by atoms with Gasteiger partial charge in [0.25, 0.3) is 0 Å². The van der Waals surface area contributed by atoms with Crippen molar-refractivity contribution in [3.8, 4) is 0 Å². The third kappa shape index (κ3) is 8.33. The van der Waals surface area contributed by atoms with Crippen molar-refractivity contribution in [2.45, 2.75) is 90.8 Å². The molecule has 0 saturated heterocycles. The zero-order valence-electron chi connectivity index (χ0n) is 17.9. The molecule has 0 saturated carbocycles. The van der Waals surface area contributed by atoms with E-state index in [4.69, 9.17) is 9.47 Å². The molecule has 1 atom stereocenters. The second kappa shape index (κ2) is 15.1. The van der Waals surface area contributed by atoms with E-state index in [1.165, 1.54) is 32.1 Å². The van der Waals surface area contributed by atoms with E-state index in [9.17, 15) is 5.11 Å². The van der Waals surface area contributed by atoms with Crippen LogP contribution in [0.5, 0.6) is 0 Å². The first-order valence-electron chi connectivity index (χ1n) is 11.2. The number of unbranched alkanes of at least 4 members (excludes halogenated alkanes) is 5. The van der Waals surface area contributed by atoms with Crippen LogP contribution in [0.1, 0.15) is 90.5 Å². The lowest BCUT2D eigenvalue weighted by molar-refractivity contribution is -0.281. The standard InChI is InChI=1S/C24H42O3/c1-4-7-8-9-10-12-17-23(18-19-25)24(26-20-5-2,27-21-6-3)22-15-13-11-14-16-22/h11,13-16,23,25H,4-10,12,17-21H2,1-3H3. The first kappa shape index (κ1) is 24.1. The molecule has 156 valence electrons. The normalized spacial score (nSPS) is 13.0. The van der Waals surface area contributed by atoms with E-state index in [-0.39, 0.29) is 12.5 Å². The van der Waals surface area contributed by atoms with Gasteiger partial charge in [0.1, 0.15) is 0 Å². The molecule has 0 heterocycles. The van der Waals surface area contributed by atoms with Gasteiger partial charge in [-0.2, -0.15) is 0 Å². The van der Waals surface area contributed by atoms with Crippen LogP contribution in [0, 0.1) is 5.92 Å². The van der Waals surface area contributed by atoms with Crippen LogP contribution in [0.25, 0.3) is 0 Å². The van der Waals surface area contributed by atoms with Crippen LogP contribution in [-0.4, -0.2) is 24.9 Å². The Hall–Kier alpha value is -0.900. The van der Waals surface area contributed by atoms with Gasteiger partial charge >= 0.3 is 0 Å². The molecule has 1 aromatic rings. The maximum atomic E-state index is 9.76. The molecule has 0 radical (unpaired) electrons. The summed E-state index contributed by atoms with van der Waals surface area (Å²) in [4.78, 5) is 0. The first-order valence-corrected chi connectivity index (χ1v) is 11.2. The molecule has 3 nitrogen and oxygen atoms in total. The molecule has 1 aromatic carbocycles. The van der Waals surface area contributed by atoms with E-state index in [0.717, 1.165) is 31.2 Å². The topological polar surface area (TPSA) is 38.7 Å². The third-order valence-electron chi connectivity index (χ3n) is 5.14. The van der Waals surface area contributed by atoms with E-state index in [0.29, 0.717) is 19.6 Å². The van der Waals surface area contributed by atoms with E-state index < -0.39 is 5.79 Å². The predicted molar refractivity (Wildman–Crippen MR) is 114 cm³/mol.